The Kier molecular flexibility index (Phi) is 5.27. The highest BCUT2D eigenvalue weighted by atomic mass is 19.1. The van der Waals surface area contributed by atoms with E-state index in [0.29, 0.717) is 13.0 Å². The molecule has 0 bridgehead atoms. The van der Waals surface area contributed by atoms with E-state index in [4.69, 9.17) is 9.84 Å². The van der Waals surface area contributed by atoms with Gasteiger partial charge in [0.15, 0.2) is 0 Å². The average molecular weight is 295 g/mol. The number of carbonyl (C=O) groups is 2. The number of aliphatic carboxylic acids is 1. The van der Waals surface area contributed by atoms with Gasteiger partial charge in [-0.15, -0.1) is 0 Å². The number of rotatable bonds is 6. The SMILES string of the molecule is O=C(O)CCN(Cc1ccc(F)cc1)C(=O)C1CCCO1. The number of hydrogen-bond acceptors (Lipinski definition) is 3. The van der Waals surface area contributed by atoms with Gasteiger partial charge in [-0.2, -0.15) is 0 Å². The minimum atomic E-state index is -0.959. The van der Waals surface area contributed by atoms with Crippen molar-refractivity contribution in [3.05, 3.63) is 35.6 Å². The van der Waals surface area contributed by atoms with Gasteiger partial charge >= 0.3 is 5.97 Å². The summed E-state index contributed by atoms with van der Waals surface area (Å²) in [5.74, 6) is -1.50. The van der Waals surface area contributed by atoms with Crippen molar-refractivity contribution < 1.29 is 23.8 Å². The summed E-state index contributed by atoms with van der Waals surface area (Å²) in [6.07, 6.45) is 0.879. The molecule has 0 aromatic heterocycles. The predicted molar refractivity (Wildman–Crippen MR) is 73.0 cm³/mol. The highest BCUT2D eigenvalue weighted by molar-refractivity contribution is 5.81. The summed E-state index contributed by atoms with van der Waals surface area (Å²) in [5.41, 5.74) is 0.758. The summed E-state index contributed by atoms with van der Waals surface area (Å²) in [6.45, 7) is 0.928. The first-order chi connectivity index (χ1) is 10.1. The van der Waals surface area contributed by atoms with Crippen LogP contribution >= 0.6 is 0 Å². The lowest BCUT2D eigenvalue weighted by molar-refractivity contribution is -0.143. The fraction of sp³-hybridized carbons (Fsp3) is 0.467. The normalized spacial score (nSPS) is 17.7. The van der Waals surface area contributed by atoms with Crippen LogP contribution in [0.1, 0.15) is 24.8 Å². The molecule has 1 unspecified atom stereocenters. The van der Waals surface area contributed by atoms with Crippen LogP contribution in [0.15, 0.2) is 24.3 Å². The van der Waals surface area contributed by atoms with E-state index in [1.54, 1.807) is 12.1 Å². The molecule has 0 radical (unpaired) electrons. The zero-order chi connectivity index (χ0) is 15.2. The quantitative estimate of drug-likeness (QED) is 0.869. The second kappa shape index (κ2) is 7.17. The lowest BCUT2D eigenvalue weighted by Gasteiger charge is -2.25. The molecular formula is C15H18FNO4. The van der Waals surface area contributed by atoms with E-state index < -0.39 is 12.1 Å². The van der Waals surface area contributed by atoms with Crippen LogP contribution in [0.2, 0.25) is 0 Å². The lowest BCUT2D eigenvalue weighted by atomic mass is 10.1. The van der Waals surface area contributed by atoms with Gasteiger partial charge in [0.05, 0.1) is 6.42 Å². The van der Waals surface area contributed by atoms with Gasteiger partial charge in [-0.05, 0) is 30.5 Å². The van der Waals surface area contributed by atoms with Gasteiger partial charge in [0.1, 0.15) is 11.9 Å². The summed E-state index contributed by atoms with van der Waals surface area (Å²) < 4.78 is 18.3. The molecule has 5 nitrogen and oxygen atoms in total. The van der Waals surface area contributed by atoms with Crippen molar-refractivity contribution in [2.24, 2.45) is 0 Å². The minimum absolute atomic E-state index is 0.116. The van der Waals surface area contributed by atoms with Crippen LogP contribution in [0.3, 0.4) is 0 Å². The summed E-state index contributed by atoms with van der Waals surface area (Å²) in [4.78, 5) is 24.6. The molecule has 6 heteroatoms. The largest absolute Gasteiger partial charge is 0.481 e. The molecule has 2 rings (SSSR count). The molecule has 1 aromatic rings. The van der Waals surface area contributed by atoms with Crippen molar-refractivity contribution in [2.75, 3.05) is 13.2 Å². The number of halogens is 1. The minimum Gasteiger partial charge on any atom is -0.481 e. The number of carboxylic acid groups (broad SMARTS) is 1. The maximum absolute atomic E-state index is 12.9. The van der Waals surface area contributed by atoms with E-state index in [0.717, 1.165) is 12.0 Å². The second-order valence-electron chi connectivity index (χ2n) is 5.03. The molecule has 21 heavy (non-hydrogen) atoms. The van der Waals surface area contributed by atoms with Gasteiger partial charge in [0.2, 0.25) is 0 Å². The summed E-state index contributed by atoms with van der Waals surface area (Å²) >= 11 is 0. The first kappa shape index (κ1) is 15.4. The van der Waals surface area contributed by atoms with E-state index in [1.165, 1.54) is 17.0 Å². The van der Waals surface area contributed by atoms with Crippen molar-refractivity contribution >= 4 is 11.9 Å². The molecule has 1 aliphatic heterocycles. The monoisotopic (exact) mass is 295 g/mol. The van der Waals surface area contributed by atoms with Crippen LogP contribution in [0.25, 0.3) is 0 Å². The maximum atomic E-state index is 12.9. The topological polar surface area (TPSA) is 66.8 Å². The Hall–Kier alpha value is -1.95. The Balaban J connectivity index is 2.05. The molecular weight excluding hydrogens is 277 g/mol. The molecule has 1 atom stereocenters. The van der Waals surface area contributed by atoms with Crippen molar-refractivity contribution in [3.63, 3.8) is 0 Å². The summed E-state index contributed by atoms with van der Waals surface area (Å²) in [7, 11) is 0. The van der Waals surface area contributed by atoms with E-state index >= 15 is 0 Å². The fourth-order valence-corrected chi connectivity index (χ4v) is 2.28. The van der Waals surface area contributed by atoms with Crippen LogP contribution in [0, 0.1) is 5.82 Å². The fourth-order valence-electron chi connectivity index (χ4n) is 2.28. The zero-order valence-electron chi connectivity index (χ0n) is 11.6. The molecule has 0 aliphatic carbocycles. The third kappa shape index (κ3) is 4.53. The van der Waals surface area contributed by atoms with Gasteiger partial charge in [-0.25, -0.2) is 4.39 Å². The smallest absolute Gasteiger partial charge is 0.305 e. The number of hydrogen-bond donors (Lipinski definition) is 1. The molecule has 0 saturated carbocycles. The highest BCUT2D eigenvalue weighted by Crippen LogP contribution is 2.17. The van der Waals surface area contributed by atoms with Crippen molar-refractivity contribution in [1.29, 1.82) is 0 Å². The Labute approximate surface area is 122 Å². The molecule has 1 aliphatic rings. The van der Waals surface area contributed by atoms with Crippen LogP contribution in [0.5, 0.6) is 0 Å². The maximum Gasteiger partial charge on any atom is 0.305 e. The van der Waals surface area contributed by atoms with Crippen LogP contribution in [-0.4, -0.2) is 41.1 Å². The van der Waals surface area contributed by atoms with Gasteiger partial charge in [-0.3, -0.25) is 9.59 Å². The molecule has 1 saturated heterocycles. The van der Waals surface area contributed by atoms with E-state index in [1.807, 2.05) is 0 Å². The number of nitrogens with zero attached hydrogens (tertiary/aromatic N) is 1. The Bertz CT molecular complexity index is 497. The van der Waals surface area contributed by atoms with Crippen molar-refractivity contribution in [1.82, 2.24) is 4.90 Å². The molecule has 1 N–H and O–H groups in total. The van der Waals surface area contributed by atoms with Crippen molar-refractivity contribution in [2.45, 2.75) is 31.9 Å². The first-order valence-corrected chi connectivity index (χ1v) is 6.93. The van der Waals surface area contributed by atoms with Crippen LogP contribution in [-0.2, 0) is 20.9 Å². The van der Waals surface area contributed by atoms with Crippen LogP contribution in [0.4, 0.5) is 4.39 Å². The Morgan fingerprint density at radius 1 is 1.33 bits per heavy atom. The Morgan fingerprint density at radius 2 is 2.05 bits per heavy atom. The molecule has 1 amide bonds. The lowest BCUT2D eigenvalue weighted by Crippen LogP contribution is -2.39. The summed E-state index contributed by atoms with van der Waals surface area (Å²) in [5, 5.41) is 8.79. The molecule has 1 aromatic carbocycles. The van der Waals surface area contributed by atoms with Gasteiger partial charge in [-0.1, -0.05) is 12.1 Å². The number of benzene rings is 1. The van der Waals surface area contributed by atoms with Crippen LogP contribution < -0.4 is 0 Å². The number of carboxylic acids is 1. The predicted octanol–water partition coefficient (Wildman–Crippen LogP) is 1.81. The van der Waals surface area contributed by atoms with Gasteiger partial charge < -0.3 is 14.7 Å². The summed E-state index contributed by atoms with van der Waals surface area (Å²) in [6, 6.07) is 5.82. The standard InChI is InChI=1S/C15H18FNO4/c16-12-5-3-11(4-6-12)10-17(8-7-14(18)19)15(20)13-2-1-9-21-13/h3-6,13H,1-2,7-10H2,(H,18,19). The third-order valence-corrected chi connectivity index (χ3v) is 3.40. The van der Waals surface area contributed by atoms with E-state index in [9.17, 15) is 14.0 Å². The Morgan fingerprint density at radius 3 is 2.62 bits per heavy atom. The van der Waals surface area contributed by atoms with Gasteiger partial charge in [0.25, 0.3) is 5.91 Å². The van der Waals surface area contributed by atoms with Gasteiger partial charge in [0, 0.05) is 19.7 Å². The second-order valence-corrected chi connectivity index (χ2v) is 5.03. The third-order valence-electron chi connectivity index (χ3n) is 3.40. The molecule has 114 valence electrons. The molecule has 1 fully saturated rings. The number of amides is 1. The van der Waals surface area contributed by atoms with Crippen molar-refractivity contribution in [3.8, 4) is 0 Å². The zero-order valence-corrected chi connectivity index (χ0v) is 11.6. The number of carbonyl (C=O) groups excluding carboxylic acids is 1. The first-order valence-electron chi connectivity index (χ1n) is 6.93. The van der Waals surface area contributed by atoms with E-state index in [-0.39, 0.29) is 31.2 Å². The number of ether oxygens (including phenoxy) is 1. The average Bonchev–Trinajstić information content (AvgIpc) is 2.98. The molecule has 1 heterocycles. The van der Waals surface area contributed by atoms with E-state index in [2.05, 4.69) is 0 Å². The highest BCUT2D eigenvalue weighted by Gasteiger charge is 2.28. The molecule has 0 spiro atoms.